The molecule has 1 aromatic carbocycles. The van der Waals surface area contributed by atoms with Gasteiger partial charge in [-0.3, -0.25) is 9.69 Å². The Labute approximate surface area is 300 Å². The van der Waals surface area contributed by atoms with Gasteiger partial charge < -0.3 is 24.3 Å². The topological polar surface area (TPSA) is 84.7 Å². The van der Waals surface area contributed by atoms with E-state index in [4.69, 9.17) is 20.6 Å². The second kappa shape index (κ2) is 13.4. The minimum atomic E-state index is -4.46. The number of carbonyl (C=O) groups excluding carboxylic acids is 2. The first-order valence-electron chi connectivity index (χ1n) is 18.3. The zero-order valence-corrected chi connectivity index (χ0v) is 30.9. The van der Waals surface area contributed by atoms with Crippen LogP contribution in [0.5, 0.6) is 0 Å². The molecule has 6 aliphatic rings. The number of halogens is 3. The first kappa shape index (κ1) is 37.7. The number of nitrogens with one attached hydrogen (secondary N) is 1. The molecule has 2 amide bonds. The van der Waals surface area contributed by atoms with Gasteiger partial charge >= 0.3 is 19.4 Å². The molecule has 3 aliphatic carbocycles. The van der Waals surface area contributed by atoms with Crippen molar-refractivity contribution in [2.75, 3.05) is 26.2 Å². The van der Waals surface area contributed by atoms with E-state index in [0.29, 0.717) is 30.9 Å². The fourth-order valence-electron chi connectivity index (χ4n) is 9.26. The Hall–Kier alpha value is -3.08. The van der Waals surface area contributed by atoms with E-state index >= 15 is 0 Å². The highest BCUT2D eigenvalue weighted by atomic mass is 19.4. The number of carbonyl (C=O) groups is 2. The second-order valence-electron chi connectivity index (χ2n) is 17.5. The Bertz CT molecular complexity index is 1570. The van der Waals surface area contributed by atoms with E-state index in [1.165, 1.54) is 12.1 Å². The fraction of sp³-hybridized carbons (Fsp3) is 0.711. The van der Waals surface area contributed by atoms with Crippen LogP contribution in [0.15, 0.2) is 36.0 Å². The molecule has 0 radical (unpaired) electrons. The monoisotopic (exact) mass is 712 g/mol. The molecule has 1 aromatic rings. The number of benzene rings is 1. The van der Waals surface area contributed by atoms with Gasteiger partial charge in [0.15, 0.2) is 0 Å². The molecular weight excluding hydrogens is 660 g/mol. The molecule has 278 valence electrons. The van der Waals surface area contributed by atoms with Crippen LogP contribution in [-0.4, -0.2) is 84.4 Å². The summed E-state index contributed by atoms with van der Waals surface area (Å²) in [6.45, 7) is 25.2. The molecule has 51 heavy (non-hydrogen) atoms. The first-order chi connectivity index (χ1) is 23.7. The molecule has 1 N–H and O–H groups in total. The van der Waals surface area contributed by atoms with Crippen LogP contribution in [-0.2, 0) is 31.4 Å². The summed E-state index contributed by atoms with van der Waals surface area (Å²) in [6, 6.07) is 4.88. The molecule has 13 heteroatoms. The summed E-state index contributed by atoms with van der Waals surface area (Å²) < 4.78 is 58.9. The molecule has 6 atom stereocenters. The Morgan fingerprint density at radius 2 is 1.84 bits per heavy atom. The molecule has 0 unspecified atom stereocenters. The van der Waals surface area contributed by atoms with Crippen molar-refractivity contribution < 1.29 is 36.8 Å². The predicted molar refractivity (Wildman–Crippen MR) is 187 cm³/mol. The molecule has 3 saturated heterocycles. The van der Waals surface area contributed by atoms with Crippen LogP contribution in [0.4, 0.5) is 18.0 Å². The number of alkyl halides is 3. The van der Waals surface area contributed by atoms with Crippen molar-refractivity contribution in [3.8, 4) is 0 Å². The molecular formula is C38H52BF3N4O5. The second-order valence-corrected chi connectivity index (χ2v) is 17.5. The summed E-state index contributed by atoms with van der Waals surface area (Å²) in [5.41, 5.74) is -0.869. The van der Waals surface area contributed by atoms with Crippen LogP contribution in [0, 0.1) is 29.2 Å². The van der Waals surface area contributed by atoms with Crippen molar-refractivity contribution in [2.45, 2.75) is 122 Å². The SMILES string of the molecule is [C-]#[N+]C(=CC(C)(C)N1CCC(C)(C)C1)C(=O)N1CCC[C@H](OC(=O)N[C@@H](Cc2ccc(C(F)(F)F)cc2)B2O[C@@H]3C[C@@H]4C[C@@H](C4(C)C)[C@]3(C)O2)C1. The molecule has 7 rings (SSSR count). The number of likely N-dealkylation sites (tertiary alicyclic amines) is 2. The third-order valence-electron chi connectivity index (χ3n) is 12.6. The zero-order valence-electron chi connectivity index (χ0n) is 30.9. The lowest BCUT2D eigenvalue weighted by atomic mass is 9.43. The van der Waals surface area contributed by atoms with Gasteiger partial charge in [0.1, 0.15) is 6.10 Å². The summed E-state index contributed by atoms with van der Waals surface area (Å²) in [4.78, 5) is 34.6. The van der Waals surface area contributed by atoms with Crippen molar-refractivity contribution in [2.24, 2.45) is 22.7 Å². The lowest BCUT2D eigenvalue weighted by Crippen LogP contribution is -2.65. The molecule has 9 nitrogen and oxygen atoms in total. The third-order valence-corrected chi connectivity index (χ3v) is 12.6. The zero-order chi connectivity index (χ0) is 37.1. The van der Waals surface area contributed by atoms with Gasteiger partial charge in [-0.15, -0.1) is 0 Å². The van der Waals surface area contributed by atoms with Gasteiger partial charge in [0.05, 0.1) is 36.3 Å². The van der Waals surface area contributed by atoms with Crippen molar-refractivity contribution in [1.82, 2.24) is 15.1 Å². The van der Waals surface area contributed by atoms with Crippen LogP contribution in [0.25, 0.3) is 4.85 Å². The predicted octanol–water partition coefficient (Wildman–Crippen LogP) is 6.91. The van der Waals surface area contributed by atoms with E-state index in [9.17, 15) is 22.8 Å². The number of piperidine rings is 1. The van der Waals surface area contributed by atoms with Crippen LogP contribution in [0.2, 0.25) is 0 Å². The summed E-state index contributed by atoms with van der Waals surface area (Å²) in [7, 11) is -0.828. The number of alkyl carbamates (subject to hydrolysis) is 1. The van der Waals surface area contributed by atoms with Gasteiger partial charge in [0, 0.05) is 18.6 Å². The maximum absolute atomic E-state index is 13.6. The van der Waals surface area contributed by atoms with Gasteiger partial charge in [-0.1, -0.05) is 45.9 Å². The normalized spacial score (nSPS) is 31.0. The summed E-state index contributed by atoms with van der Waals surface area (Å²) >= 11 is 0. The molecule has 6 fully saturated rings. The lowest BCUT2D eigenvalue weighted by Gasteiger charge is -2.64. The van der Waals surface area contributed by atoms with Gasteiger partial charge in [-0.05, 0) is 106 Å². The Morgan fingerprint density at radius 3 is 2.45 bits per heavy atom. The van der Waals surface area contributed by atoms with Crippen molar-refractivity contribution in [3.05, 3.63) is 58.6 Å². The van der Waals surface area contributed by atoms with E-state index in [0.717, 1.165) is 44.5 Å². The average molecular weight is 713 g/mol. The standard InChI is InChI=1S/C38H52BF3N4O5/c1-34(2)15-17-46(23-34)35(3,4)21-28(43-8)32(47)45-16-9-10-27(22-45)49-33(48)44-31(18-24-11-13-25(14-12-24)38(40,41)42)39-50-30-20-26-19-29(36(26,5)6)37(30,7)51-39/h11-14,21,26-27,29-31H,9-10,15-20,22-23H2,1-7H3,(H,44,48)/t26-,27-,29-,30+,31-,37-/m0/s1. The molecule has 2 bridgehead atoms. The van der Waals surface area contributed by atoms with Gasteiger partial charge in [0.2, 0.25) is 5.70 Å². The quantitative estimate of drug-likeness (QED) is 0.179. The number of hydrogen-bond donors (Lipinski definition) is 1. The molecule has 3 saturated carbocycles. The molecule has 0 spiro atoms. The summed E-state index contributed by atoms with van der Waals surface area (Å²) in [5.74, 6) is -0.323. The number of rotatable bonds is 8. The van der Waals surface area contributed by atoms with Crippen LogP contribution in [0.1, 0.15) is 91.7 Å². The van der Waals surface area contributed by atoms with Crippen LogP contribution >= 0.6 is 0 Å². The number of amides is 2. The molecule has 3 heterocycles. The van der Waals surface area contributed by atoms with Crippen molar-refractivity contribution in [1.29, 1.82) is 0 Å². The van der Waals surface area contributed by atoms with Gasteiger partial charge in [-0.25, -0.2) is 9.64 Å². The maximum atomic E-state index is 13.6. The number of nitrogens with zero attached hydrogens (tertiary/aromatic N) is 3. The van der Waals surface area contributed by atoms with E-state index in [1.54, 1.807) is 11.0 Å². The highest BCUT2D eigenvalue weighted by molar-refractivity contribution is 6.48. The Morgan fingerprint density at radius 1 is 1.14 bits per heavy atom. The van der Waals surface area contributed by atoms with Crippen molar-refractivity contribution in [3.63, 3.8) is 0 Å². The molecule has 3 aliphatic heterocycles. The maximum Gasteiger partial charge on any atom is 0.482 e. The van der Waals surface area contributed by atoms with E-state index in [-0.39, 0.29) is 47.4 Å². The minimum Gasteiger partial charge on any atom is -0.444 e. The minimum absolute atomic E-state index is 0.0537. The fourth-order valence-corrected chi connectivity index (χ4v) is 9.26. The first-order valence-corrected chi connectivity index (χ1v) is 18.3. The van der Waals surface area contributed by atoms with Crippen molar-refractivity contribution >= 4 is 19.1 Å². The third kappa shape index (κ3) is 7.56. The van der Waals surface area contributed by atoms with Gasteiger partial charge in [0.25, 0.3) is 5.91 Å². The smallest absolute Gasteiger partial charge is 0.444 e. The molecule has 0 aromatic heterocycles. The average Bonchev–Trinajstić information content (AvgIpc) is 3.62. The number of ether oxygens (including phenoxy) is 1. The van der Waals surface area contributed by atoms with Gasteiger partial charge in [-0.2, -0.15) is 13.2 Å². The van der Waals surface area contributed by atoms with E-state index < -0.39 is 48.1 Å². The van der Waals surface area contributed by atoms with Crippen LogP contribution in [0.3, 0.4) is 0 Å². The number of hydrogen-bond acceptors (Lipinski definition) is 6. The van der Waals surface area contributed by atoms with E-state index in [2.05, 4.69) is 49.7 Å². The Balaban J connectivity index is 1.13. The van der Waals surface area contributed by atoms with Crippen LogP contribution < -0.4 is 5.32 Å². The largest absolute Gasteiger partial charge is 0.482 e. The highest BCUT2D eigenvalue weighted by Crippen LogP contribution is 2.65. The summed E-state index contributed by atoms with van der Waals surface area (Å²) in [5, 5.41) is 2.92. The summed E-state index contributed by atoms with van der Waals surface area (Å²) in [6.07, 6.45) is 0.0548. The highest BCUT2D eigenvalue weighted by Gasteiger charge is 2.68. The van der Waals surface area contributed by atoms with E-state index in [1.807, 2.05) is 13.8 Å². The lowest BCUT2D eigenvalue weighted by molar-refractivity contribution is -0.199. The Kier molecular flexibility index (Phi) is 9.90.